The average molecular weight is 674 g/mol. The number of para-hydroxylation sites is 1. The lowest BCUT2D eigenvalue weighted by Crippen LogP contribution is -1.95. The second-order valence-electron chi connectivity index (χ2n) is 12.6. The van der Waals surface area contributed by atoms with Crippen LogP contribution in [0.15, 0.2) is 109 Å². The zero-order valence-electron chi connectivity index (χ0n) is 26.5. The van der Waals surface area contributed by atoms with Gasteiger partial charge in [0.15, 0.2) is 23.0 Å². The van der Waals surface area contributed by atoms with Gasteiger partial charge in [-0.1, -0.05) is 84.9 Å². The first-order chi connectivity index (χ1) is 24.7. The molecule has 0 aliphatic heterocycles. The normalized spacial score (nSPS) is 11.8. The summed E-state index contributed by atoms with van der Waals surface area (Å²) in [7, 11) is 0. The molecule has 8 aromatic carbocycles. The molecule has 1 aromatic heterocycles. The van der Waals surface area contributed by atoms with Crippen LogP contribution in [0.3, 0.4) is 0 Å². The predicted octanol–water partition coefficient (Wildman–Crippen LogP) is 9.43. The number of rotatable bonds is 3. The number of benzene rings is 8. The number of aromatic nitrogens is 1. The summed E-state index contributed by atoms with van der Waals surface area (Å²) < 4.78 is 0. The number of phenols is 8. The van der Waals surface area contributed by atoms with Crippen molar-refractivity contribution in [3.8, 4) is 79.4 Å². The van der Waals surface area contributed by atoms with E-state index in [2.05, 4.69) is 4.98 Å². The van der Waals surface area contributed by atoms with Gasteiger partial charge >= 0.3 is 0 Å². The lowest BCUT2D eigenvalue weighted by Gasteiger charge is -2.23. The van der Waals surface area contributed by atoms with E-state index in [0.717, 1.165) is 32.8 Å². The van der Waals surface area contributed by atoms with Crippen LogP contribution in [0.4, 0.5) is 0 Å². The molecule has 1 heterocycles. The van der Waals surface area contributed by atoms with Crippen molar-refractivity contribution < 1.29 is 40.9 Å². The van der Waals surface area contributed by atoms with Gasteiger partial charge in [0.05, 0.1) is 0 Å². The van der Waals surface area contributed by atoms with Crippen molar-refractivity contribution in [1.82, 2.24) is 4.98 Å². The summed E-state index contributed by atoms with van der Waals surface area (Å²) in [5.74, 6) is -7.38. The number of aromatic amines is 1. The third kappa shape index (κ3) is 4.09. The number of H-pyrrole nitrogens is 1. The fourth-order valence-corrected chi connectivity index (χ4v) is 7.51. The monoisotopic (exact) mass is 673 g/mol. The Balaban J connectivity index is 1.50. The molecule has 9 N–H and O–H groups in total. The lowest BCUT2D eigenvalue weighted by molar-refractivity contribution is 0.350. The van der Waals surface area contributed by atoms with Gasteiger partial charge in [0.1, 0.15) is 0 Å². The van der Waals surface area contributed by atoms with E-state index in [1.165, 1.54) is 0 Å². The van der Waals surface area contributed by atoms with Gasteiger partial charge < -0.3 is 45.8 Å². The molecule has 9 nitrogen and oxygen atoms in total. The Kier molecular flexibility index (Phi) is 6.21. The maximum Gasteiger partial charge on any atom is 0.204 e. The largest absolute Gasteiger partial charge is 0.504 e. The summed E-state index contributed by atoms with van der Waals surface area (Å²) >= 11 is 0. The van der Waals surface area contributed by atoms with Gasteiger partial charge in [0.25, 0.3) is 0 Å². The van der Waals surface area contributed by atoms with Crippen LogP contribution in [0.25, 0.3) is 87.5 Å². The van der Waals surface area contributed by atoms with Gasteiger partial charge in [0, 0.05) is 54.5 Å². The fraction of sp³-hybridized carbons (Fsp3) is 0. The predicted molar refractivity (Wildman–Crippen MR) is 198 cm³/mol. The Morgan fingerprint density at radius 1 is 0.333 bits per heavy atom. The standard InChI is InChI=1S/C42H27NO8/c44-35-31-28(23-10-5-9-21(18-23)22-16-15-19-7-1-2-8-20(19)17-22)32-34(38(47)42(51)40(49)36(32)45)30(33(31)37(46)41(50)39(35)48)25-12-6-14-27-29(25)24-11-3-4-13-26(24)43-27/h1-18,43-51H. The van der Waals surface area contributed by atoms with E-state index in [-0.39, 0.29) is 32.7 Å². The number of fused-ring (bicyclic) bond motifs is 6. The van der Waals surface area contributed by atoms with Crippen molar-refractivity contribution >= 4 is 54.1 Å². The van der Waals surface area contributed by atoms with Gasteiger partial charge in [-0.25, -0.2) is 0 Å². The van der Waals surface area contributed by atoms with Crippen LogP contribution in [-0.4, -0.2) is 45.8 Å². The smallest absolute Gasteiger partial charge is 0.204 e. The Hall–Kier alpha value is -7.26. The minimum Gasteiger partial charge on any atom is -0.504 e. The molecule has 0 saturated carbocycles. The Morgan fingerprint density at radius 3 is 1.51 bits per heavy atom. The first-order valence-electron chi connectivity index (χ1n) is 16.0. The Labute approximate surface area is 288 Å². The number of nitrogens with one attached hydrogen (secondary N) is 1. The van der Waals surface area contributed by atoms with E-state index < -0.39 is 46.0 Å². The second kappa shape index (κ2) is 10.6. The summed E-state index contributed by atoms with van der Waals surface area (Å²) in [5, 5.41) is 93.3. The molecule has 0 radical (unpaired) electrons. The van der Waals surface area contributed by atoms with Crippen molar-refractivity contribution in [1.29, 1.82) is 0 Å². The molecule has 0 aliphatic rings. The van der Waals surface area contributed by atoms with Crippen molar-refractivity contribution in [3.05, 3.63) is 109 Å². The topological polar surface area (TPSA) is 178 Å². The van der Waals surface area contributed by atoms with Crippen LogP contribution in [0.5, 0.6) is 46.0 Å². The van der Waals surface area contributed by atoms with E-state index in [9.17, 15) is 40.9 Å². The van der Waals surface area contributed by atoms with E-state index in [4.69, 9.17) is 0 Å². The zero-order valence-corrected chi connectivity index (χ0v) is 26.5. The molecule has 9 heteroatoms. The van der Waals surface area contributed by atoms with Crippen LogP contribution in [0.1, 0.15) is 0 Å². The van der Waals surface area contributed by atoms with Gasteiger partial charge in [-0.2, -0.15) is 0 Å². The maximum atomic E-state index is 11.7. The SMILES string of the molecule is Oc1c(O)c(O)c2c(-c3cccc4[nH]c5ccccc5c34)c3c(O)c(O)c(O)c(O)c3c(-c3cccc(-c4ccc5ccccc5c4)c3)c2c1O. The molecule has 0 amide bonds. The van der Waals surface area contributed by atoms with Crippen LogP contribution >= 0.6 is 0 Å². The Morgan fingerprint density at radius 2 is 0.843 bits per heavy atom. The van der Waals surface area contributed by atoms with Crippen molar-refractivity contribution in [2.45, 2.75) is 0 Å². The van der Waals surface area contributed by atoms with Gasteiger partial charge in [-0.15, -0.1) is 0 Å². The summed E-state index contributed by atoms with van der Waals surface area (Å²) in [5.41, 5.74) is 3.71. The third-order valence-electron chi connectivity index (χ3n) is 9.83. The van der Waals surface area contributed by atoms with Crippen molar-refractivity contribution in [3.63, 3.8) is 0 Å². The number of hydrogen-bond acceptors (Lipinski definition) is 8. The highest BCUT2D eigenvalue weighted by Crippen LogP contribution is 2.62. The number of phenolic OH excluding ortho intramolecular Hbond substituents is 8. The zero-order chi connectivity index (χ0) is 35.3. The van der Waals surface area contributed by atoms with Gasteiger partial charge in [-0.05, 0) is 57.3 Å². The average Bonchev–Trinajstić information content (AvgIpc) is 3.55. The minimum absolute atomic E-state index is 0.00372. The van der Waals surface area contributed by atoms with Crippen molar-refractivity contribution in [2.24, 2.45) is 0 Å². The molecule has 0 fully saturated rings. The highest BCUT2D eigenvalue weighted by atomic mass is 16.4. The molecule has 0 aliphatic carbocycles. The second-order valence-corrected chi connectivity index (χ2v) is 12.6. The first kappa shape index (κ1) is 29.8. The van der Waals surface area contributed by atoms with Crippen LogP contribution in [0, 0.1) is 0 Å². The molecule has 9 aromatic rings. The quantitative estimate of drug-likeness (QED) is 0.0506. The molecule has 248 valence electrons. The molecular formula is C42H27NO8. The van der Waals surface area contributed by atoms with E-state index in [1.807, 2.05) is 78.9 Å². The van der Waals surface area contributed by atoms with E-state index >= 15 is 0 Å². The molecule has 51 heavy (non-hydrogen) atoms. The summed E-state index contributed by atoms with van der Waals surface area (Å²) in [6, 6.07) is 33.5. The fourth-order valence-electron chi connectivity index (χ4n) is 7.51. The first-order valence-corrected chi connectivity index (χ1v) is 16.0. The molecular weight excluding hydrogens is 646 g/mol. The van der Waals surface area contributed by atoms with E-state index in [1.54, 1.807) is 30.3 Å². The number of hydrogen-bond donors (Lipinski definition) is 9. The van der Waals surface area contributed by atoms with E-state index in [0.29, 0.717) is 22.0 Å². The molecule has 0 unspecified atom stereocenters. The minimum atomic E-state index is -1.02. The van der Waals surface area contributed by atoms with Gasteiger partial charge in [0.2, 0.25) is 23.0 Å². The van der Waals surface area contributed by atoms with Crippen LogP contribution < -0.4 is 0 Å². The van der Waals surface area contributed by atoms with Crippen LogP contribution in [0.2, 0.25) is 0 Å². The molecule has 0 spiro atoms. The summed E-state index contributed by atoms with van der Waals surface area (Å²) in [6.45, 7) is 0. The molecule has 0 saturated heterocycles. The highest BCUT2D eigenvalue weighted by molar-refractivity contribution is 6.31. The summed E-state index contributed by atoms with van der Waals surface area (Å²) in [6.07, 6.45) is 0. The maximum absolute atomic E-state index is 11.7. The highest BCUT2D eigenvalue weighted by Gasteiger charge is 2.33. The Bertz CT molecular complexity index is 2880. The van der Waals surface area contributed by atoms with Gasteiger partial charge in [-0.3, -0.25) is 0 Å². The summed E-state index contributed by atoms with van der Waals surface area (Å²) in [4.78, 5) is 3.34. The third-order valence-corrected chi connectivity index (χ3v) is 9.83. The lowest BCUT2D eigenvalue weighted by atomic mass is 9.82. The van der Waals surface area contributed by atoms with Crippen LogP contribution in [-0.2, 0) is 0 Å². The molecule has 0 bridgehead atoms. The van der Waals surface area contributed by atoms with Crippen molar-refractivity contribution in [2.75, 3.05) is 0 Å². The number of aromatic hydroxyl groups is 8. The molecule has 0 atom stereocenters. The molecule has 9 rings (SSSR count).